The van der Waals surface area contributed by atoms with E-state index in [1.807, 2.05) is 24.3 Å². The first kappa shape index (κ1) is 17.3. The molecule has 0 bridgehead atoms. The molecule has 0 radical (unpaired) electrons. The van der Waals surface area contributed by atoms with Crippen molar-refractivity contribution in [1.82, 2.24) is 5.32 Å². The predicted molar refractivity (Wildman–Crippen MR) is 104 cm³/mol. The fourth-order valence-corrected chi connectivity index (χ4v) is 5.18. The van der Waals surface area contributed by atoms with Crippen molar-refractivity contribution < 1.29 is 19.4 Å². The van der Waals surface area contributed by atoms with Gasteiger partial charge in [-0.2, -0.15) is 0 Å². The van der Waals surface area contributed by atoms with Crippen LogP contribution in [0.3, 0.4) is 0 Å². The van der Waals surface area contributed by atoms with Gasteiger partial charge < -0.3 is 15.2 Å². The highest BCUT2D eigenvalue weighted by molar-refractivity contribution is 5.81. The number of fused-ring (bicyclic) bond motifs is 4. The molecule has 1 amide bonds. The minimum atomic E-state index is -0.972. The summed E-state index contributed by atoms with van der Waals surface area (Å²) in [6, 6.07) is 15.4. The summed E-state index contributed by atoms with van der Waals surface area (Å²) < 4.78 is 5.50. The molecule has 144 valence electrons. The molecule has 2 saturated carbocycles. The SMILES string of the molecule is O=C(NC(C(=O)O)C1CC2CC2C1)OCC1c2ccccc2-c2ccccc21. The number of nitrogens with one attached hydrogen (secondary N) is 1. The van der Waals surface area contributed by atoms with Gasteiger partial charge in [-0.25, -0.2) is 9.59 Å². The molecule has 5 rings (SSSR count). The van der Waals surface area contributed by atoms with Crippen LogP contribution in [0.5, 0.6) is 0 Å². The number of carbonyl (C=O) groups excluding carboxylic acids is 1. The molecular weight excluding hydrogens is 354 g/mol. The largest absolute Gasteiger partial charge is 0.480 e. The number of carbonyl (C=O) groups is 2. The molecule has 3 unspecified atom stereocenters. The number of aliphatic carboxylic acids is 1. The van der Waals surface area contributed by atoms with Gasteiger partial charge in [0.05, 0.1) is 0 Å². The molecule has 28 heavy (non-hydrogen) atoms. The van der Waals surface area contributed by atoms with Crippen LogP contribution in [0.2, 0.25) is 0 Å². The maximum absolute atomic E-state index is 12.4. The Morgan fingerprint density at radius 3 is 2.11 bits per heavy atom. The second-order valence-electron chi connectivity index (χ2n) is 8.27. The monoisotopic (exact) mass is 377 g/mol. The first-order chi connectivity index (χ1) is 13.6. The molecule has 3 aliphatic carbocycles. The summed E-state index contributed by atoms with van der Waals surface area (Å²) in [6.07, 6.45) is 2.36. The maximum Gasteiger partial charge on any atom is 0.407 e. The van der Waals surface area contributed by atoms with Crippen molar-refractivity contribution in [2.45, 2.75) is 31.2 Å². The van der Waals surface area contributed by atoms with E-state index < -0.39 is 18.1 Å². The van der Waals surface area contributed by atoms with E-state index in [4.69, 9.17) is 4.74 Å². The number of carboxylic acid groups (broad SMARTS) is 1. The van der Waals surface area contributed by atoms with Crippen LogP contribution in [0.15, 0.2) is 48.5 Å². The van der Waals surface area contributed by atoms with Gasteiger partial charge in [-0.05, 0) is 59.3 Å². The third kappa shape index (κ3) is 2.95. The summed E-state index contributed by atoms with van der Waals surface area (Å²) >= 11 is 0. The van der Waals surface area contributed by atoms with Crippen LogP contribution in [0.25, 0.3) is 11.1 Å². The van der Waals surface area contributed by atoms with E-state index in [2.05, 4.69) is 29.6 Å². The minimum Gasteiger partial charge on any atom is -0.480 e. The molecule has 2 aromatic carbocycles. The molecule has 0 spiro atoms. The van der Waals surface area contributed by atoms with Crippen LogP contribution < -0.4 is 5.32 Å². The molecule has 2 N–H and O–H groups in total. The standard InChI is InChI=1S/C23H23NO4/c25-22(26)21(15-10-13-9-14(13)11-15)24-23(27)28-12-20-18-7-3-1-5-16(18)17-6-2-4-8-19(17)20/h1-8,13-15,20-21H,9-12H2,(H,24,27)(H,25,26). The lowest BCUT2D eigenvalue weighted by atomic mass is 9.94. The van der Waals surface area contributed by atoms with Gasteiger partial charge in [-0.15, -0.1) is 0 Å². The molecule has 2 fully saturated rings. The van der Waals surface area contributed by atoms with E-state index in [-0.39, 0.29) is 18.4 Å². The number of alkyl carbamates (subject to hydrolysis) is 1. The topological polar surface area (TPSA) is 75.6 Å². The molecule has 5 nitrogen and oxygen atoms in total. The van der Waals surface area contributed by atoms with Gasteiger partial charge in [-0.3, -0.25) is 0 Å². The Hall–Kier alpha value is -2.82. The van der Waals surface area contributed by atoms with Crippen LogP contribution in [-0.4, -0.2) is 29.8 Å². The van der Waals surface area contributed by atoms with Gasteiger partial charge in [0.2, 0.25) is 0 Å². The van der Waals surface area contributed by atoms with Crippen molar-refractivity contribution in [3.05, 3.63) is 59.7 Å². The van der Waals surface area contributed by atoms with Crippen LogP contribution in [0, 0.1) is 17.8 Å². The van der Waals surface area contributed by atoms with Crippen LogP contribution >= 0.6 is 0 Å². The smallest absolute Gasteiger partial charge is 0.407 e. The molecule has 5 heteroatoms. The number of hydrogen-bond donors (Lipinski definition) is 2. The Labute approximate surface area is 163 Å². The molecule has 3 atom stereocenters. The predicted octanol–water partition coefficient (Wildman–Crippen LogP) is 4.02. The van der Waals surface area contributed by atoms with Crippen molar-refractivity contribution >= 4 is 12.1 Å². The van der Waals surface area contributed by atoms with Crippen LogP contribution in [-0.2, 0) is 9.53 Å². The van der Waals surface area contributed by atoms with E-state index in [9.17, 15) is 14.7 Å². The van der Waals surface area contributed by atoms with Crippen molar-refractivity contribution in [2.75, 3.05) is 6.61 Å². The number of hydrogen-bond acceptors (Lipinski definition) is 3. The molecule has 0 heterocycles. The van der Waals surface area contributed by atoms with E-state index >= 15 is 0 Å². The van der Waals surface area contributed by atoms with Crippen LogP contribution in [0.1, 0.15) is 36.3 Å². The Kier molecular flexibility index (Phi) is 4.11. The van der Waals surface area contributed by atoms with Gasteiger partial charge in [0, 0.05) is 5.92 Å². The second-order valence-corrected chi connectivity index (χ2v) is 8.27. The zero-order valence-electron chi connectivity index (χ0n) is 15.5. The number of ether oxygens (including phenoxy) is 1. The minimum absolute atomic E-state index is 0.0155. The first-order valence-corrected chi connectivity index (χ1v) is 9.96. The number of benzene rings is 2. The Morgan fingerprint density at radius 1 is 0.964 bits per heavy atom. The molecular formula is C23H23NO4. The molecule has 3 aliphatic rings. The lowest BCUT2D eigenvalue weighted by Crippen LogP contribution is -2.46. The third-order valence-electron chi connectivity index (χ3n) is 6.63. The summed E-state index contributed by atoms with van der Waals surface area (Å²) in [4.78, 5) is 24.1. The lowest BCUT2D eigenvalue weighted by Gasteiger charge is -2.22. The van der Waals surface area contributed by atoms with Crippen LogP contribution in [0.4, 0.5) is 4.79 Å². The normalized spacial score (nSPS) is 25.4. The van der Waals surface area contributed by atoms with Gasteiger partial charge in [-0.1, -0.05) is 48.5 Å². The highest BCUT2D eigenvalue weighted by Gasteiger charge is 2.49. The van der Waals surface area contributed by atoms with Crippen molar-refractivity contribution in [2.24, 2.45) is 17.8 Å². The summed E-state index contributed by atoms with van der Waals surface area (Å²) in [5.41, 5.74) is 4.62. The fourth-order valence-electron chi connectivity index (χ4n) is 5.18. The van der Waals surface area contributed by atoms with Gasteiger partial charge in [0.15, 0.2) is 0 Å². The lowest BCUT2D eigenvalue weighted by molar-refractivity contribution is -0.140. The second kappa shape index (κ2) is 6.66. The summed E-state index contributed by atoms with van der Waals surface area (Å²) in [6.45, 7) is 0.197. The average molecular weight is 377 g/mol. The molecule has 2 aromatic rings. The number of amides is 1. The number of rotatable bonds is 5. The Bertz CT molecular complexity index is 884. The highest BCUT2D eigenvalue weighted by atomic mass is 16.5. The fraction of sp³-hybridized carbons (Fsp3) is 0.391. The summed E-state index contributed by atoms with van der Waals surface area (Å²) in [5.74, 6) is 0.342. The Balaban J connectivity index is 1.27. The molecule has 0 aliphatic heterocycles. The maximum atomic E-state index is 12.4. The van der Waals surface area contributed by atoms with Gasteiger partial charge in [0.25, 0.3) is 0 Å². The molecule has 0 aromatic heterocycles. The quantitative estimate of drug-likeness (QED) is 0.825. The average Bonchev–Trinajstić information content (AvgIpc) is 3.18. The van der Waals surface area contributed by atoms with Crippen molar-refractivity contribution in [3.63, 3.8) is 0 Å². The van der Waals surface area contributed by atoms with E-state index in [0.717, 1.165) is 24.0 Å². The van der Waals surface area contributed by atoms with E-state index in [0.29, 0.717) is 11.8 Å². The molecule has 0 saturated heterocycles. The van der Waals surface area contributed by atoms with Gasteiger partial charge in [0.1, 0.15) is 12.6 Å². The van der Waals surface area contributed by atoms with Crippen molar-refractivity contribution in [1.29, 1.82) is 0 Å². The summed E-state index contributed by atoms with van der Waals surface area (Å²) in [7, 11) is 0. The highest BCUT2D eigenvalue weighted by Crippen LogP contribution is 2.55. The Morgan fingerprint density at radius 2 is 1.54 bits per heavy atom. The van der Waals surface area contributed by atoms with Gasteiger partial charge >= 0.3 is 12.1 Å². The zero-order chi connectivity index (χ0) is 19.3. The summed E-state index contributed by atoms with van der Waals surface area (Å²) in [5, 5.41) is 12.2. The zero-order valence-corrected chi connectivity index (χ0v) is 15.5. The van der Waals surface area contributed by atoms with Crippen molar-refractivity contribution in [3.8, 4) is 11.1 Å². The third-order valence-corrected chi connectivity index (χ3v) is 6.63. The van der Waals surface area contributed by atoms with E-state index in [1.54, 1.807) is 0 Å². The number of carboxylic acids is 1. The van der Waals surface area contributed by atoms with E-state index in [1.165, 1.54) is 17.5 Å². The first-order valence-electron chi connectivity index (χ1n) is 9.96.